The predicted molar refractivity (Wildman–Crippen MR) is 71.3 cm³/mol. The Balaban J connectivity index is 2.50. The van der Waals surface area contributed by atoms with Crippen molar-refractivity contribution >= 4 is 5.91 Å². The third kappa shape index (κ3) is 5.15. The molecule has 6 heteroatoms. The molecule has 1 rings (SSSR count). The summed E-state index contributed by atoms with van der Waals surface area (Å²) in [6.45, 7) is 1.16. The van der Waals surface area contributed by atoms with E-state index in [0.717, 1.165) is 5.56 Å². The molecule has 0 atom stereocenters. The van der Waals surface area contributed by atoms with E-state index >= 15 is 0 Å². The first-order chi connectivity index (χ1) is 9.21. The minimum Gasteiger partial charge on any atom is -0.497 e. The number of carbonyl (C=O) groups is 1. The second-order valence-electron chi connectivity index (χ2n) is 3.80. The van der Waals surface area contributed by atoms with Crippen LogP contribution in [0.15, 0.2) is 18.2 Å². The molecule has 0 aliphatic carbocycles. The normalized spacial score (nSPS) is 10.1. The van der Waals surface area contributed by atoms with Crippen molar-refractivity contribution in [3.8, 4) is 11.5 Å². The van der Waals surface area contributed by atoms with Crippen LogP contribution in [-0.2, 0) is 16.1 Å². The Labute approximate surface area is 112 Å². The van der Waals surface area contributed by atoms with Crippen molar-refractivity contribution < 1.29 is 19.0 Å². The predicted octanol–water partition coefficient (Wildman–Crippen LogP) is 0.295. The highest BCUT2D eigenvalue weighted by atomic mass is 16.5. The molecular weight excluding hydrogens is 248 g/mol. The molecule has 19 heavy (non-hydrogen) atoms. The number of rotatable bonds is 8. The largest absolute Gasteiger partial charge is 0.497 e. The number of amides is 1. The number of hydrogen-bond acceptors (Lipinski definition) is 5. The monoisotopic (exact) mass is 268 g/mol. The van der Waals surface area contributed by atoms with Crippen molar-refractivity contribution in [3.05, 3.63) is 23.8 Å². The maximum Gasteiger partial charge on any atom is 0.246 e. The Hall–Kier alpha value is -1.79. The summed E-state index contributed by atoms with van der Waals surface area (Å²) in [7, 11) is 3.16. The average Bonchev–Trinajstić information content (AvgIpc) is 2.45. The zero-order valence-corrected chi connectivity index (χ0v) is 11.3. The Morgan fingerprint density at radius 1 is 1.32 bits per heavy atom. The lowest BCUT2D eigenvalue weighted by molar-refractivity contribution is -0.125. The lowest BCUT2D eigenvalue weighted by Crippen LogP contribution is -2.28. The summed E-state index contributed by atoms with van der Waals surface area (Å²) < 4.78 is 15.4. The Morgan fingerprint density at radius 3 is 2.74 bits per heavy atom. The highest BCUT2D eigenvalue weighted by molar-refractivity contribution is 5.77. The third-order valence-corrected chi connectivity index (χ3v) is 2.47. The topological polar surface area (TPSA) is 82.8 Å². The molecule has 0 unspecified atom stereocenters. The zero-order valence-electron chi connectivity index (χ0n) is 11.3. The van der Waals surface area contributed by atoms with E-state index in [1.807, 2.05) is 12.1 Å². The lowest BCUT2D eigenvalue weighted by atomic mass is 10.2. The van der Waals surface area contributed by atoms with Gasteiger partial charge in [-0.25, -0.2) is 0 Å². The van der Waals surface area contributed by atoms with Crippen molar-refractivity contribution in [1.82, 2.24) is 5.32 Å². The smallest absolute Gasteiger partial charge is 0.246 e. The van der Waals surface area contributed by atoms with Gasteiger partial charge in [-0.2, -0.15) is 0 Å². The SMILES string of the molecule is COc1ccc(CNC(=O)COCCN)c(OC)c1. The van der Waals surface area contributed by atoms with Gasteiger partial charge in [-0.15, -0.1) is 0 Å². The van der Waals surface area contributed by atoms with E-state index in [1.54, 1.807) is 20.3 Å². The van der Waals surface area contributed by atoms with Gasteiger partial charge in [0.25, 0.3) is 0 Å². The van der Waals surface area contributed by atoms with Crippen LogP contribution in [0.5, 0.6) is 11.5 Å². The number of nitrogens with one attached hydrogen (secondary N) is 1. The second kappa shape index (κ2) is 8.34. The molecule has 1 aromatic carbocycles. The van der Waals surface area contributed by atoms with Gasteiger partial charge >= 0.3 is 0 Å². The Kier molecular flexibility index (Phi) is 6.70. The minimum atomic E-state index is -0.189. The fourth-order valence-electron chi connectivity index (χ4n) is 1.49. The molecule has 0 aromatic heterocycles. The maximum absolute atomic E-state index is 11.5. The van der Waals surface area contributed by atoms with Crippen molar-refractivity contribution in [2.24, 2.45) is 5.73 Å². The minimum absolute atomic E-state index is 0.00959. The van der Waals surface area contributed by atoms with Gasteiger partial charge in [0.1, 0.15) is 18.1 Å². The van der Waals surface area contributed by atoms with Crippen molar-refractivity contribution in [2.45, 2.75) is 6.54 Å². The summed E-state index contributed by atoms with van der Waals surface area (Å²) in [5, 5.41) is 2.74. The van der Waals surface area contributed by atoms with E-state index in [-0.39, 0.29) is 12.5 Å². The molecule has 0 fully saturated rings. The van der Waals surface area contributed by atoms with Crippen LogP contribution in [0.25, 0.3) is 0 Å². The molecule has 0 heterocycles. The Bertz CT molecular complexity index is 410. The highest BCUT2D eigenvalue weighted by Gasteiger charge is 2.07. The van der Waals surface area contributed by atoms with Gasteiger partial charge in [-0.3, -0.25) is 4.79 Å². The van der Waals surface area contributed by atoms with Gasteiger partial charge < -0.3 is 25.3 Å². The Morgan fingerprint density at radius 2 is 2.11 bits per heavy atom. The molecule has 0 aliphatic heterocycles. The number of nitrogens with two attached hydrogens (primary N) is 1. The van der Waals surface area contributed by atoms with Crippen LogP contribution in [0, 0.1) is 0 Å². The molecule has 1 aromatic rings. The van der Waals surface area contributed by atoms with E-state index in [0.29, 0.717) is 31.2 Å². The number of hydrogen-bond donors (Lipinski definition) is 2. The number of benzene rings is 1. The van der Waals surface area contributed by atoms with Crippen molar-refractivity contribution in [1.29, 1.82) is 0 Å². The average molecular weight is 268 g/mol. The van der Waals surface area contributed by atoms with Crippen LogP contribution < -0.4 is 20.5 Å². The summed E-state index contributed by atoms with van der Waals surface area (Å²) >= 11 is 0. The molecule has 0 aliphatic rings. The molecular formula is C13H20N2O4. The van der Waals surface area contributed by atoms with Gasteiger partial charge in [-0.1, -0.05) is 0 Å². The molecule has 0 bridgehead atoms. The van der Waals surface area contributed by atoms with Gasteiger partial charge in [0, 0.05) is 24.7 Å². The van der Waals surface area contributed by atoms with Gasteiger partial charge in [0.05, 0.1) is 20.8 Å². The number of ether oxygens (including phenoxy) is 3. The van der Waals surface area contributed by atoms with E-state index in [1.165, 1.54) is 0 Å². The van der Waals surface area contributed by atoms with Gasteiger partial charge in [0.15, 0.2) is 0 Å². The third-order valence-electron chi connectivity index (χ3n) is 2.47. The molecule has 0 saturated heterocycles. The van der Waals surface area contributed by atoms with Crippen LogP contribution in [0.4, 0.5) is 0 Å². The zero-order chi connectivity index (χ0) is 14.1. The van der Waals surface area contributed by atoms with E-state index in [2.05, 4.69) is 5.32 Å². The van der Waals surface area contributed by atoms with Crippen LogP contribution in [0.3, 0.4) is 0 Å². The van der Waals surface area contributed by atoms with Gasteiger partial charge in [-0.05, 0) is 12.1 Å². The quantitative estimate of drug-likeness (QED) is 0.662. The first-order valence-electron chi connectivity index (χ1n) is 5.96. The van der Waals surface area contributed by atoms with E-state index in [9.17, 15) is 4.79 Å². The summed E-state index contributed by atoms with van der Waals surface area (Å²) in [5.41, 5.74) is 6.13. The second-order valence-corrected chi connectivity index (χ2v) is 3.80. The molecule has 106 valence electrons. The van der Waals surface area contributed by atoms with Crippen LogP contribution in [-0.4, -0.2) is 39.9 Å². The summed E-state index contributed by atoms with van der Waals surface area (Å²) in [6, 6.07) is 5.43. The molecule has 0 radical (unpaired) electrons. The summed E-state index contributed by atoms with van der Waals surface area (Å²) in [5.74, 6) is 1.19. The molecule has 3 N–H and O–H groups in total. The van der Waals surface area contributed by atoms with Crippen molar-refractivity contribution in [3.63, 3.8) is 0 Å². The molecule has 0 spiro atoms. The number of carbonyl (C=O) groups excluding carboxylic acids is 1. The van der Waals surface area contributed by atoms with Crippen LogP contribution in [0.1, 0.15) is 5.56 Å². The summed E-state index contributed by atoms with van der Waals surface area (Å²) in [4.78, 5) is 11.5. The standard InChI is InChI=1S/C13H20N2O4/c1-17-11-4-3-10(12(7-11)18-2)8-15-13(16)9-19-6-5-14/h3-4,7H,5-6,8-9,14H2,1-2H3,(H,15,16). The molecule has 6 nitrogen and oxygen atoms in total. The first kappa shape index (κ1) is 15.3. The highest BCUT2D eigenvalue weighted by Crippen LogP contribution is 2.24. The van der Waals surface area contributed by atoms with E-state index < -0.39 is 0 Å². The number of methoxy groups -OCH3 is 2. The fraction of sp³-hybridized carbons (Fsp3) is 0.462. The van der Waals surface area contributed by atoms with Crippen LogP contribution >= 0.6 is 0 Å². The van der Waals surface area contributed by atoms with E-state index in [4.69, 9.17) is 19.9 Å². The first-order valence-corrected chi connectivity index (χ1v) is 5.96. The van der Waals surface area contributed by atoms with Crippen LogP contribution in [0.2, 0.25) is 0 Å². The summed E-state index contributed by atoms with van der Waals surface area (Å²) in [6.07, 6.45) is 0. The maximum atomic E-state index is 11.5. The fourth-order valence-corrected chi connectivity index (χ4v) is 1.49. The molecule has 1 amide bonds. The lowest BCUT2D eigenvalue weighted by Gasteiger charge is -2.11. The molecule has 0 saturated carbocycles. The van der Waals surface area contributed by atoms with Gasteiger partial charge in [0.2, 0.25) is 5.91 Å². The van der Waals surface area contributed by atoms with Crippen molar-refractivity contribution in [2.75, 3.05) is 34.0 Å².